The van der Waals surface area contributed by atoms with Gasteiger partial charge in [-0.25, -0.2) is 0 Å². The van der Waals surface area contributed by atoms with Crippen LogP contribution in [0.5, 0.6) is 0 Å². The Labute approximate surface area is 118 Å². The molecule has 0 aliphatic heterocycles. The van der Waals surface area contributed by atoms with Crippen molar-refractivity contribution in [1.82, 2.24) is 5.16 Å². The average Bonchev–Trinajstić information content (AvgIpc) is 2.94. The second-order valence-corrected chi connectivity index (χ2v) is 4.47. The minimum atomic E-state index is -4.57. The van der Waals surface area contributed by atoms with E-state index in [4.69, 9.17) is 4.52 Å². The van der Waals surface area contributed by atoms with Gasteiger partial charge in [-0.05, 0) is 5.56 Å². The largest absolute Gasteiger partial charge is 0.437 e. The van der Waals surface area contributed by atoms with Crippen molar-refractivity contribution in [3.63, 3.8) is 0 Å². The van der Waals surface area contributed by atoms with Crippen LogP contribution in [0.25, 0.3) is 22.5 Å². The van der Waals surface area contributed by atoms with E-state index in [2.05, 4.69) is 5.16 Å². The van der Waals surface area contributed by atoms with Gasteiger partial charge in [-0.1, -0.05) is 65.8 Å². The molecule has 1 heterocycles. The fourth-order valence-corrected chi connectivity index (χ4v) is 2.14. The molecule has 0 unspecified atom stereocenters. The molecule has 2 aromatic carbocycles. The number of benzene rings is 2. The summed E-state index contributed by atoms with van der Waals surface area (Å²) < 4.78 is 44.4. The summed E-state index contributed by atoms with van der Waals surface area (Å²) in [6.45, 7) is 0. The molecule has 106 valence electrons. The van der Waals surface area contributed by atoms with Crippen LogP contribution in [0.4, 0.5) is 13.2 Å². The number of alkyl halides is 3. The quantitative estimate of drug-likeness (QED) is 0.661. The molecule has 5 heteroatoms. The van der Waals surface area contributed by atoms with Gasteiger partial charge in [0.05, 0.1) is 5.56 Å². The van der Waals surface area contributed by atoms with Gasteiger partial charge >= 0.3 is 6.18 Å². The number of hydrogen-bond donors (Lipinski definition) is 0. The first-order valence-corrected chi connectivity index (χ1v) is 6.25. The van der Waals surface area contributed by atoms with Crippen LogP contribution in [0.1, 0.15) is 5.69 Å². The van der Waals surface area contributed by atoms with Gasteiger partial charge in [-0.15, -0.1) is 0 Å². The zero-order valence-electron chi connectivity index (χ0n) is 10.8. The van der Waals surface area contributed by atoms with Gasteiger partial charge in [-0.3, -0.25) is 0 Å². The van der Waals surface area contributed by atoms with Crippen molar-refractivity contribution in [2.24, 2.45) is 0 Å². The van der Waals surface area contributed by atoms with Crippen molar-refractivity contribution >= 4 is 0 Å². The molecular weight excluding hydrogens is 279 g/mol. The summed E-state index contributed by atoms with van der Waals surface area (Å²) in [5.74, 6) is 0.120. The van der Waals surface area contributed by atoms with Gasteiger partial charge in [0.15, 0.2) is 11.5 Å². The van der Waals surface area contributed by atoms with Crippen molar-refractivity contribution < 1.29 is 17.7 Å². The number of nitrogens with zero attached hydrogens (tertiary/aromatic N) is 1. The molecule has 0 saturated carbocycles. The van der Waals surface area contributed by atoms with Gasteiger partial charge < -0.3 is 4.52 Å². The maximum atomic E-state index is 13.1. The molecular formula is C16H10F3NO. The van der Waals surface area contributed by atoms with Crippen LogP contribution in [0.2, 0.25) is 0 Å². The molecule has 0 N–H and O–H groups in total. The molecule has 0 bridgehead atoms. The first-order valence-electron chi connectivity index (χ1n) is 6.25. The minimum absolute atomic E-state index is 0.0331. The van der Waals surface area contributed by atoms with E-state index in [0.717, 1.165) is 0 Å². The Balaban J connectivity index is 2.26. The Hall–Kier alpha value is -2.56. The molecule has 0 amide bonds. The standard InChI is InChI=1S/C16H10F3NO/c17-16(18,19)15-13(11-7-3-1-4-8-11)14(21-20-15)12-9-5-2-6-10-12/h1-10H. The normalized spacial score (nSPS) is 11.6. The fourth-order valence-electron chi connectivity index (χ4n) is 2.14. The van der Waals surface area contributed by atoms with E-state index in [0.29, 0.717) is 11.1 Å². The minimum Gasteiger partial charge on any atom is -0.355 e. The van der Waals surface area contributed by atoms with E-state index in [1.54, 1.807) is 60.7 Å². The van der Waals surface area contributed by atoms with Crippen LogP contribution < -0.4 is 0 Å². The zero-order valence-corrected chi connectivity index (χ0v) is 10.8. The lowest BCUT2D eigenvalue weighted by molar-refractivity contribution is -0.142. The summed E-state index contributed by atoms with van der Waals surface area (Å²) in [4.78, 5) is 0. The molecule has 3 rings (SSSR count). The van der Waals surface area contributed by atoms with Gasteiger partial charge in [-0.2, -0.15) is 13.2 Å². The van der Waals surface area contributed by atoms with E-state index < -0.39 is 11.9 Å². The Morgan fingerprint density at radius 3 is 1.81 bits per heavy atom. The predicted molar refractivity (Wildman–Crippen MR) is 72.4 cm³/mol. The lowest BCUT2D eigenvalue weighted by Crippen LogP contribution is -2.07. The molecule has 0 saturated heterocycles. The topological polar surface area (TPSA) is 26.0 Å². The van der Waals surface area contributed by atoms with Crippen LogP contribution in [-0.2, 0) is 6.18 Å². The van der Waals surface area contributed by atoms with Crippen molar-refractivity contribution in [2.75, 3.05) is 0 Å². The first-order chi connectivity index (χ1) is 10.1. The van der Waals surface area contributed by atoms with Crippen molar-refractivity contribution in [3.8, 4) is 22.5 Å². The molecule has 0 fully saturated rings. The van der Waals surface area contributed by atoms with Gasteiger partial charge in [0.25, 0.3) is 0 Å². The van der Waals surface area contributed by atoms with E-state index in [1.807, 2.05) is 0 Å². The van der Waals surface area contributed by atoms with E-state index >= 15 is 0 Å². The van der Waals surface area contributed by atoms with Crippen LogP contribution in [0.3, 0.4) is 0 Å². The van der Waals surface area contributed by atoms with E-state index in [9.17, 15) is 13.2 Å². The summed E-state index contributed by atoms with van der Waals surface area (Å²) >= 11 is 0. The number of rotatable bonds is 2. The lowest BCUT2D eigenvalue weighted by atomic mass is 9.99. The van der Waals surface area contributed by atoms with Crippen molar-refractivity contribution in [3.05, 3.63) is 66.4 Å². The third-order valence-electron chi connectivity index (χ3n) is 3.06. The van der Waals surface area contributed by atoms with Crippen molar-refractivity contribution in [2.45, 2.75) is 6.18 Å². The fraction of sp³-hybridized carbons (Fsp3) is 0.0625. The maximum Gasteiger partial charge on any atom is 0.437 e. The van der Waals surface area contributed by atoms with Crippen LogP contribution in [0.15, 0.2) is 65.2 Å². The van der Waals surface area contributed by atoms with Crippen molar-refractivity contribution in [1.29, 1.82) is 0 Å². The molecule has 0 aliphatic carbocycles. The molecule has 0 atom stereocenters. The highest BCUT2D eigenvalue weighted by Gasteiger charge is 2.40. The summed E-state index contributed by atoms with van der Waals surface area (Å²) in [5, 5.41) is 3.24. The number of aromatic nitrogens is 1. The second kappa shape index (κ2) is 5.09. The SMILES string of the molecule is FC(F)(F)c1noc(-c2ccccc2)c1-c1ccccc1. The first kappa shape index (κ1) is 13.4. The summed E-state index contributed by atoms with van der Waals surface area (Å²) in [5.41, 5.74) is -0.0638. The number of halogens is 3. The molecule has 1 aromatic heterocycles. The zero-order chi connectivity index (χ0) is 14.9. The number of hydrogen-bond acceptors (Lipinski definition) is 2. The van der Waals surface area contributed by atoms with Crippen LogP contribution in [0, 0.1) is 0 Å². The Kier molecular flexibility index (Phi) is 3.25. The van der Waals surface area contributed by atoms with E-state index in [1.165, 1.54) is 0 Å². The van der Waals surface area contributed by atoms with Gasteiger partial charge in [0.2, 0.25) is 0 Å². The Morgan fingerprint density at radius 2 is 1.29 bits per heavy atom. The second-order valence-electron chi connectivity index (χ2n) is 4.47. The molecule has 3 aromatic rings. The maximum absolute atomic E-state index is 13.1. The average molecular weight is 289 g/mol. The highest BCUT2D eigenvalue weighted by molar-refractivity contribution is 5.81. The monoisotopic (exact) mass is 289 g/mol. The van der Waals surface area contributed by atoms with Gasteiger partial charge in [0, 0.05) is 5.56 Å². The molecule has 21 heavy (non-hydrogen) atoms. The molecule has 2 nitrogen and oxygen atoms in total. The van der Waals surface area contributed by atoms with Gasteiger partial charge in [0.1, 0.15) is 0 Å². The third kappa shape index (κ3) is 2.54. The Morgan fingerprint density at radius 1 is 0.762 bits per heavy atom. The lowest BCUT2D eigenvalue weighted by Gasteiger charge is -2.07. The highest BCUT2D eigenvalue weighted by Crippen LogP contribution is 2.42. The predicted octanol–water partition coefficient (Wildman–Crippen LogP) is 5.03. The molecule has 0 radical (unpaired) electrons. The third-order valence-corrected chi connectivity index (χ3v) is 3.06. The summed E-state index contributed by atoms with van der Waals surface area (Å²) in [6.07, 6.45) is -4.57. The molecule has 0 aliphatic rings. The van der Waals surface area contributed by atoms with Crippen LogP contribution in [-0.4, -0.2) is 5.16 Å². The smallest absolute Gasteiger partial charge is 0.355 e. The summed E-state index contributed by atoms with van der Waals surface area (Å²) in [6, 6.07) is 16.9. The highest BCUT2D eigenvalue weighted by atomic mass is 19.4. The Bertz CT molecular complexity index is 733. The van der Waals surface area contributed by atoms with E-state index in [-0.39, 0.29) is 11.3 Å². The van der Waals surface area contributed by atoms with Crippen LogP contribution >= 0.6 is 0 Å². The molecule has 0 spiro atoms. The summed E-state index contributed by atoms with van der Waals surface area (Å²) in [7, 11) is 0.